The Hall–Kier alpha value is -14.8. The molecule has 2 aromatic heterocycles. The van der Waals surface area contributed by atoms with Crippen LogP contribution in [0.4, 0.5) is 45.5 Å². The van der Waals surface area contributed by atoms with Gasteiger partial charge in [0.25, 0.3) is 0 Å². The van der Waals surface area contributed by atoms with Gasteiger partial charge in [0.1, 0.15) is 0 Å². The fourth-order valence-corrected chi connectivity index (χ4v) is 18.7. The van der Waals surface area contributed by atoms with E-state index in [1.54, 1.807) is 84.1 Å². The number of nitrogens with one attached hydrogen (secondary N) is 1. The molecule has 1 N–H and O–H groups in total. The van der Waals surface area contributed by atoms with Gasteiger partial charge >= 0.3 is 0 Å². The van der Waals surface area contributed by atoms with Gasteiger partial charge in [-0.05, 0) is 220 Å². The van der Waals surface area contributed by atoms with Crippen molar-refractivity contribution < 1.29 is 19.2 Å². The van der Waals surface area contributed by atoms with E-state index >= 15 is 0 Å². The Labute approximate surface area is 751 Å². The third-order valence-corrected chi connectivity index (χ3v) is 26.0. The number of nitrogens with zero attached hydrogens (tertiary/aromatic N) is 2. The number of rotatable bonds is 14. The molecule has 0 radical (unpaired) electrons. The molecule has 0 bridgehead atoms. The summed E-state index contributed by atoms with van der Waals surface area (Å²) < 4.78 is 0.803. The summed E-state index contributed by atoms with van der Waals surface area (Å²) in [5.41, 5.74) is 29.5. The minimum absolute atomic E-state index is 0.0808. The first-order valence-electron chi connectivity index (χ1n) is 42.1. The van der Waals surface area contributed by atoms with E-state index in [4.69, 9.17) is 0 Å². The second-order valence-electron chi connectivity index (χ2n) is 31.9. The van der Waals surface area contributed by atoms with Crippen LogP contribution in [0, 0.1) is 41.5 Å². The van der Waals surface area contributed by atoms with E-state index in [2.05, 4.69) is 388 Å². The zero-order valence-electron chi connectivity index (χ0n) is 70.4. The second-order valence-corrected chi connectivity index (χ2v) is 35.0. The average Bonchev–Trinajstić information content (AvgIpc) is 0.933. The summed E-state index contributed by atoms with van der Waals surface area (Å²) in [4.78, 5) is 60.2. The standard InChI is InChI=1S/C58H46N2S.C30H18O2S.C14H7BrO2.C14H15N/c1-39-14-27-47(28-15-39)59(48-29-16-40(2)17-30-48)57-51-12-8-9-13-52(51)58(60(49-31-18-41(3)19-32-49)50-33-20-42(4)21-34-50)54-38-46(26-35-53(54)57)43-22-24-45(25-23-43)56-37-36-55(61-56)44-10-6-5-7-11-44;31-29-23-8-4-5-9-24(23)30(32)26-18-22(14-15-25(26)29)19-10-12-21(13-11-19)28-17-16-27(33-28)20-6-2-1-3-7-20;15-8-5-6-11-12(7-8)14(17)10-4-2-1-3-9(10)13(11)16;1-11-3-7-13(8-4-11)15-14-9-5-12(2)6-10-14/h5-38H,1-4H3;1-18H;1-7H;3-10,15H,1-2H3. The molecular formula is C116H86BrN3O4S2. The molecule has 0 saturated heterocycles. The Morgan fingerprint density at radius 1 is 0.214 bits per heavy atom. The SMILES string of the molecule is Cc1ccc(N(c2ccc(C)cc2)c2c3ccccc3c(N(c3ccc(C)cc3)c3ccc(C)cc3)c3cc(-c4ccc(-c5ccc(-c6ccccc6)s5)cc4)ccc23)cc1.Cc1ccc(Nc2ccc(C)cc2)cc1.O=C1c2ccccc2C(=O)c2cc(-c3ccc(-c4ccc(-c5ccccc5)s4)cc3)ccc21.O=C1c2ccccc2C(=O)c2cc(Br)ccc21. The summed E-state index contributed by atoms with van der Waals surface area (Å²) in [5.74, 6) is -0.348. The monoisotopic (exact) mass is 1730 g/mol. The number of carbonyl (C=O) groups is 4. The maximum Gasteiger partial charge on any atom is 0.194 e. The maximum atomic E-state index is 13.0. The van der Waals surface area contributed by atoms with Crippen molar-refractivity contribution in [2.75, 3.05) is 15.1 Å². The number of aryl methyl sites for hydroxylation is 6. The van der Waals surface area contributed by atoms with Crippen LogP contribution in [-0.2, 0) is 0 Å². The van der Waals surface area contributed by atoms with Crippen molar-refractivity contribution in [1.82, 2.24) is 0 Å². The van der Waals surface area contributed by atoms with E-state index in [0.717, 1.165) is 66.7 Å². The molecule has 2 aliphatic rings. The van der Waals surface area contributed by atoms with Gasteiger partial charge in [0.2, 0.25) is 0 Å². The van der Waals surface area contributed by atoms with Crippen molar-refractivity contribution >= 4 is 129 Å². The number of benzene rings is 17. The summed E-state index contributed by atoms with van der Waals surface area (Å²) in [5, 5.41) is 8.06. The normalized spacial score (nSPS) is 11.7. The van der Waals surface area contributed by atoms with Crippen LogP contribution >= 0.6 is 38.6 Å². The van der Waals surface area contributed by atoms with Crippen molar-refractivity contribution in [3.63, 3.8) is 0 Å². The highest BCUT2D eigenvalue weighted by atomic mass is 79.9. The van der Waals surface area contributed by atoms with Gasteiger partial charge in [0, 0.05) is 124 Å². The number of fused-ring (bicyclic) bond motifs is 6. The quantitative estimate of drug-likeness (QED) is 0.0857. The van der Waals surface area contributed by atoms with Crippen molar-refractivity contribution in [3.05, 3.63) is 489 Å². The molecule has 608 valence electrons. The van der Waals surface area contributed by atoms with Crippen molar-refractivity contribution in [2.24, 2.45) is 0 Å². The van der Waals surface area contributed by atoms with E-state index < -0.39 is 0 Å². The lowest BCUT2D eigenvalue weighted by molar-refractivity contribution is 0.0979. The van der Waals surface area contributed by atoms with Gasteiger partial charge < -0.3 is 15.1 Å². The van der Waals surface area contributed by atoms with E-state index in [-0.39, 0.29) is 23.1 Å². The Morgan fingerprint density at radius 2 is 0.476 bits per heavy atom. The highest BCUT2D eigenvalue weighted by Crippen LogP contribution is 2.53. The average molecular weight is 1730 g/mol. The molecule has 0 atom stereocenters. The largest absolute Gasteiger partial charge is 0.356 e. The van der Waals surface area contributed by atoms with E-state index in [1.165, 1.54) is 102 Å². The molecule has 17 aromatic carbocycles. The first-order chi connectivity index (χ1) is 61.5. The minimum Gasteiger partial charge on any atom is -0.356 e. The van der Waals surface area contributed by atoms with Crippen LogP contribution in [0.25, 0.3) is 85.6 Å². The second kappa shape index (κ2) is 36.3. The first-order valence-corrected chi connectivity index (χ1v) is 44.5. The van der Waals surface area contributed by atoms with E-state index in [0.29, 0.717) is 44.5 Å². The molecule has 10 heteroatoms. The van der Waals surface area contributed by atoms with Gasteiger partial charge in [-0.15, -0.1) is 22.7 Å². The van der Waals surface area contributed by atoms with Gasteiger partial charge in [-0.25, -0.2) is 0 Å². The van der Waals surface area contributed by atoms with E-state index in [9.17, 15) is 19.2 Å². The third-order valence-electron chi connectivity index (χ3n) is 23.1. The molecule has 2 aliphatic carbocycles. The highest BCUT2D eigenvalue weighted by Gasteiger charge is 2.32. The molecular weight excluding hydrogens is 1640 g/mol. The maximum absolute atomic E-state index is 13.0. The first kappa shape index (κ1) is 82.2. The number of ketones is 4. The molecule has 7 nitrogen and oxygen atoms in total. The fraction of sp³-hybridized carbons (Fsp3) is 0.0517. The molecule has 126 heavy (non-hydrogen) atoms. The van der Waals surface area contributed by atoms with Crippen LogP contribution < -0.4 is 15.1 Å². The predicted molar refractivity (Wildman–Crippen MR) is 531 cm³/mol. The molecule has 19 aromatic rings. The molecule has 0 aliphatic heterocycles. The van der Waals surface area contributed by atoms with Crippen LogP contribution in [0.5, 0.6) is 0 Å². The molecule has 2 heterocycles. The van der Waals surface area contributed by atoms with Gasteiger partial charge in [-0.2, -0.15) is 0 Å². The number of hydrogen-bond donors (Lipinski definition) is 1. The molecule has 0 unspecified atom stereocenters. The van der Waals surface area contributed by atoms with E-state index in [1.807, 2.05) is 29.5 Å². The Kier molecular flexibility index (Phi) is 23.7. The number of carbonyl (C=O) groups excluding carboxylic acids is 4. The minimum atomic E-state index is -0.0919. The molecule has 0 saturated carbocycles. The van der Waals surface area contributed by atoms with Crippen molar-refractivity contribution in [2.45, 2.75) is 41.5 Å². The molecule has 0 fully saturated rings. The molecule has 21 rings (SSSR count). The summed E-state index contributed by atoms with van der Waals surface area (Å²) in [6.45, 7) is 12.8. The zero-order chi connectivity index (χ0) is 86.5. The third kappa shape index (κ3) is 17.4. The van der Waals surface area contributed by atoms with Crippen LogP contribution in [0.1, 0.15) is 97.1 Å². The van der Waals surface area contributed by atoms with Crippen LogP contribution in [-0.4, -0.2) is 23.1 Å². The number of hydrogen-bond acceptors (Lipinski definition) is 9. The molecule has 0 amide bonds. The van der Waals surface area contributed by atoms with Crippen LogP contribution in [0.15, 0.2) is 411 Å². The lowest BCUT2D eigenvalue weighted by Gasteiger charge is -2.33. The highest BCUT2D eigenvalue weighted by molar-refractivity contribution is 9.10. The number of thiophene rings is 2. The number of anilines is 8. The van der Waals surface area contributed by atoms with Crippen molar-refractivity contribution in [1.29, 1.82) is 0 Å². The van der Waals surface area contributed by atoms with Crippen molar-refractivity contribution in [3.8, 4) is 64.0 Å². The Morgan fingerprint density at radius 3 is 0.849 bits per heavy atom. The van der Waals surface area contributed by atoms with Gasteiger partial charge in [0.15, 0.2) is 23.1 Å². The summed E-state index contributed by atoms with van der Waals surface area (Å²) >= 11 is 6.92. The van der Waals surface area contributed by atoms with Crippen LogP contribution in [0.2, 0.25) is 0 Å². The number of halogens is 1. The summed E-state index contributed by atoms with van der Waals surface area (Å²) in [6.07, 6.45) is 0. The lowest BCUT2D eigenvalue weighted by Crippen LogP contribution is -2.20. The molecule has 0 spiro atoms. The Bertz CT molecular complexity index is 7140. The zero-order valence-corrected chi connectivity index (χ0v) is 73.6. The van der Waals surface area contributed by atoms with Crippen LogP contribution in [0.3, 0.4) is 0 Å². The summed E-state index contributed by atoms with van der Waals surface area (Å²) in [7, 11) is 0. The predicted octanol–water partition coefficient (Wildman–Crippen LogP) is 32.0. The van der Waals surface area contributed by atoms with Gasteiger partial charge in [0.05, 0.1) is 11.4 Å². The Balaban J connectivity index is 0.000000136. The smallest absolute Gasteiger partial charge is 0.194 e. The topological polar surface area (TPSA) is 86.8 Å². The summed E-state index contributed by atoms with van der Waals surface area (Å²) in [6, 6.07) is 141. The van der Waals surface area contributed by atoms with Gasteiger partial charge in [-0.3, -0.25) is 19.2 Å². The fourth-order valence-electron chi connectivity index (χ4n) is 16.3. The van der Waals surface area contributed by atoms with Gasteiger partial charge in [-0.1, -0.05) is 322 Å². The lowest BCUT2D eigenvalue weighted by atomic mass is 9.83.